The number of guanidine groups is 1. The van der Waals surface area contributed by atoms with Crippen molar-refractivity contribution < 1.29 is 0 Å². The van der Waals surface area contributed by atoms with Gasteiger partial charge in [0.15, 0.2) is 5.96 Å². The quantitative estimate of drug-likeness (QED) is 0.597. The molecule has 2 rings (SSSR count). The van der Waals surface area contributed by atoms with Crippen LogP contribution in [0, 0.1) is 0 Å². The summed E-state index contributed by atoms with van der Waals surface area (Å²) in [6, 6.07) is 4.62. The fourth-order valence-corrected chi connectivity index (χ4v) is 2.15. The summed E-state index contributed by atoms with van der Waals surface area (Å²) in [5, 5.41) is 3.28. The number of nitrogens with one attached hydrogen (secondary N) is 1. The smallest absolute Gasteiger partial charge is 0.189 e. The monoisotopic (exact) mass is 220 g/mol. The summed E-state index contributed by atoms with van der Waals surface area (Å²) in [6.07, 6.45) is 7.08. The molecule has 16 heavy (non-hydrogen) atoms. The molecule has 4 nitrogen and oxygen atoms in total. The number of rotatable bonds is 3. The van der Waals surface area contributed by atoms with Crippen molar-refractivity contribution in [2.45, 2.75) is 38.3 Å². The highest BCUT2D eigenvalue weighted by Crippen LogP contribution is 2.17. The van der Waals surface area contributed by atoms with E-state index in [9.17, 15) is 0 Å². The summed E-state index contributed by atoms with van der Waals surface area (Å²) in [6.45, 7) is 0.648. The number of aromatic nitrogens is 1. The molecule has 1 fully saturated rings. The Morgan fingerprint density at radius 3 is 2.94 bits per heavy atom. The van der Waals surface area contributed by atoms with Crippen LogP contribution in [-0.2, 0) is 13.6 Å². The minimum Gasteiger partial charge on any atom is -0.370 e. The van der Waals surface area contributed by atoms with E-state index in [1.54, 1.807) is 0 Å². The second-order valence-electron chi connectivity index (χ2n) is 4.44. The first-order valence-corrected chi connectivity index (χ1v) is 5.92. The molecule has 1 aliphatic carbocycles. The summed E-state index contributed by atoms with van der Waals surface area (Å²) in [5.41, 5.74) is 7.03. The number of aryl methyl sites for hydroxylation is 1. The average molecular weight is 220 g/mol. The van der Waals surface area contributed by atoms with Gasteiger partial charge >= 0.3 is 0 Å². The third kappa shape index (κ3) is 2.78. The fraction of sp³-hybridized carbons (Fsp3) is 0.583. The zero-order valence-corrected chi connectivity index (χ0v) is 9.82. The lowest BCUT2D eigenvalue weighted by atomic mass is 10.2. The molecular weight excluding hydrogens is 200 g/mol. The molecule has 1 saturated carbocycles. The Balaban J connectivity index is 1.84. The van der Waals surface area contributed by atoms with E-state index in [1.807, 2.05) is 19.3 Å². The van der Waals surface area contributed by atoms with Crippen molar-refractivity contribution in [1.82, 2.24) is 9.88 Å². The number of aliphatic imine (C=N–C) groups is 1. The molecule has 0 aliphatic heterocycles. The van der Waals surface area contributed by atoms with Crippen LogP contribution in [0.4, 0.5) is 0 Å². The Kier molecular flexibility index (Phi) is 3.49. The molecule has 0 aromatic carbocycles. The van der Waals surface area contributed by atoms with Crippen LogP contribution < -0.4 is 11.1 Å². The summed E-state index contributed by atoms with van der Waals surface area (Å²) in [4.78, 5) is 4.35. The first kappa shape index (κ1) is 11.0. The van der Waals surface area contributed by atoms with Crippen LogP contribution in [0.3, 0.4) is 0 Å². The molecule has 0 saturated heterocycles. The third-order valence-electron chi connectivity index (χ3n) is 3.17. The molecule has 4 heteroatoms. The SMILES string of the molecule is Cn1cccc1CN=C(N)NC1CCCC1. The Morgan fingerprint density at radius 2 is 2.31 bits per heavy atom. The highest BCUT2D eigenvalue weighted by molar-refractivity contribution is 5.78. The van der Waals surface area contributed by atoms with Gasteiger partial charge in [0.1, 0.15) is 0 Å². The maximum atomic E-state index is 5.85. The molecule has 0 bridgehead atoms. The number of nitrogens with zero attached hydrogens (tertiary/aromatic N) is 2. The molecule has 0 unspecified atom stereocenters. The van der Waals surface area contributed by atoms with Crippen molar-refractivity contribution in [2.75, 3.05) is 0 Å². The first-order chi connectivity index (χ1) is 7.75. The highest BCUT2D eigenvalue weighted by atomic mass is 15.1. The minimum atomic E-state index is 0.539. The van der Waals surface area contributed by atoms with Gasteiger partial charge < -0.3 is 15.6 Å². The van der Waals surface area contributed by atoms with Gasteiger partial charge in [0.25, 0.3) is 0 Å². The molecular formula is C12H20N4. The van der Waals surface area contributed by atoms with Crippen LogP contribution in [0.5, 0.6) is 0 Å². The van der Waals surface area contributed by atoms with Crippen molar-refractivity contribution in [3.05, 3.63) is 24.0 Å². The summed E-state index contributed by atoms with van der Waals surface area (Å²) in [5.74, 6) is 0.577. The van der Waals surface area contributed by atoms with E-state index < -0.39 is 0 Å². The van der Waals surface area contributed by atoms with E-state index in [2.05, 4.69) is 20.9 Å². The topological polar surface area (TPSA) is 55.3 Å². The van der Waals surface area contributed by atoms with E-state index >= 15 is 0 Å². The molecule has 0 spiro atoms. The minimum absolute atomic E-state index is 0.539. The Labute approximate surface area is 96.5 Å². The molecule has 0 atom stereocenters. The average Bonchev–Trinajstić information content (AvgIpc) is 2.87. The van der Waals surface area contributed by atoms with Crippen molar-refractivity contribution >= 4 is 5.96 Å². The van der Waals surface area contributed by atoms with Crippen molar-refractivity contribution in [1.29, 1.82) is 0 Å². The molecule has 1 aromatic rings. The summed E-state index contributed by atoms with van der Waals surface area (Å²) in [7, 11) is 2.02. The third-order valence-corrected chi connectivity index (χ3v) is 3.17. The molecule has 1 aromatic heterocycles. The van der Waals surface area contributed by atoms with Gasteiger partial charge in [-0.1, -0.05) is 12.8 Å². The molecule has 88 valence electrons. The van der Waals surface area contributed by atoms with Gasteiger partial charge in [0.2, 0.25) is 0 Å². The highest BCUT2D eigenvalue weighted by Gasteiger charge is 2.14. The van der Waals surface area contributed by atoms with E-state index in [0.29, 0.717) is 18.5 Å². The zero-order valence-electron chi connectivity index (χ0n) is 9.82. The van der Waals surface area contributed by atoms with E-state index in [-0.39, 0.29) is 0 Å². The number of nitrogens with two attached hydrogens (primary N) is 1. The second-order valence-corrected chi connectivity index (χ2v) is 4.44. The van der Waals surface area contributed by atoms with Gasteiger partial charge in [-0.15, -0.1) is 0 Å². The lowest BCUT2D eigenvalue weighted by Gasteiger charge is -2.12. The van der Waals surface area contributed by atoms with E-state index in [4.69, 9.17) is 5.73 Å². The Morgan fingerprint density at radius 1 is 1.56 bits per heavy atom. The van der Waals surface area contributed by atoms with Crippen LogP contribution in [-0.4, -0.2) is 16.6 Å². The summed E-state index contributed by atoms with van der Waals surface area (Å²) < 4.78 is 2.06. The van der Waals surface area contributed by atoms with Crippen LogP contribution in [0.1, 0.15) is 31.4 Å². The van der Waals surface area contributed by atoms with Gasteiger partial charge in [0.05, 0.1) is 6.54 Å². The molecule has 3 N–H and O–H groups in total. The summed E-state index contributed by atoms with van der Waals surface area (Å²) >= 11 is 0. The lowest BCUT2D eigenvalue weighted by Crippen LogP contribution is -2.38. The van der Waals surface area contributed by atoms with Crippen molar-refractivity contribution in [3.63, 3.8) is 0 Å². The predicted octanol–water partition coefficient (Wildman–Crippen LogP) is 1.37. The van der Waals surface area contributed by atoms with Gasteiger partial charge in [0, 0.05) is 25.0 Å². The number of hydrogen-bond acceptors (Lipinski definition) is 1. The largest absolute Gasteiger partial charge is 0.370 e. The molecule has 1 heterocycles. The predicted molar refractivity (Wildman–Crippen MR) is 66.1 cm³/mol. The molecule has 0 radical (unpaired) electrons. The van der Waals surface area contributed by atoms with Crippen molar-refractivity contribution in [3.8, 4) is 0 Å². The van der Waals surface area contributed by atoms with Crippen molar-refractivity contribution in [2.24, 2.45) is 17.8 Å². The normalized spacial score (nSPS) is 17.9. The molecule has 1 aliphatic rings. The van der Waals surface area contributed by atoms with Gasteiger partial charge in [-0.25, -0.2) is 4.99 Å². The van der Waals surface area contributed by atoms with E-state index in [1.165, 1.54) is 31.4 Å². The van der Waals surface area contributed by atoms with Gasteiger partial charge in [-0.05, 0) is 25.0 Å². The van der Waals surface area contributed by atoms with Crippen LogP contribution in [0.25, 0.3) is 0 Å². The lowest BCUT2D eigenvalue weighted by molar-refractivity contribution is 0.624. The van der Waals surface area contributed by atoms with Crippen LogP contribution >= 0.6 is 0 Å². The fourth-order valence-electron chi connectivity index (χ4n) is 2.15. The Bertz CT molecular complexity index is 361. The van der Waals surface area contributed by atoms with Crippen LogP contribution in [0.15, 0.2) is 23.3 Å². The number of hydrogen-bond donors (Lipinski definition) is 2. The molecule has 0 amide bonds. The van der Waals surface area contributed by atoms with Crippen LogP contribution in [0.2, 0.25) is 0 Å². The van der Waals surface area contributed by atoms with Gasteiger partial charge in [-0.3, -0.25) is 0 Å². The zero-order chi connectivity index (χ0) is 11.4. The van der Waals surface area contributed by atoms with E-state index in [0.717, 1.165) is 0 Å². The standard InChI is InChI=1S/C12H20N4/c1-16-8-4-7-11(16)9-14-12(13)15-10-5-2-3-6-10/h4,7-8,10H,2-3,5-6,9H2,1H3,(H3,13,14,15). The maximum Gasteiger partial charge on any atom is 0.189 e. The first-order valence-electron chi connectivity index (χ1n) is 5.92. The maximum absolute atomic E-state index is 5.85. The van der Waals surface area contributed by atoms with Gasteiger partial charge in [-0.2, -0.15) is 0 Å². The Hall–Kier alpha value is -1.45. The second kappa shape index (κ2) is 5.05.